The molecule has 1 saturated heterocycles. The highest BCUT2D eigenvalue weighted by Gasteiger charge is 2.29. The fourth-order valence-corrected chi connectivity index (χ4v) is 3.45. The average Bonchev–Trinajstić information content (AvgIpc) is 2.67. The van der Waals surface area contributed by atoms with Gasteiger partial charge < -0.3 is 20.3 Å². The van der Waals surface area contributed by atoms with Gasteiger partial charge in [-0.2, -0.15) is 18.2 Å². The number of anilines is 2. The van der Waals surface area contributed by atoms with Gasteiger partial charge in [-0.3, -0.25) is 0 Å². The fraction of sp³-hybridized carbons (Fsp3) is 0.444. The van der Waals surface area contributed by atoms with Crippen molar-refractivity contribution in [3.8, 4) is 5.75 Å². The SMILES string of the molecule is CC(Nc1nc(N2CCNCC2)ncc1OCC(F)(F)F)c1ccc(Cl)cc1Cl. The summed E-state index contributed by atoms with van der Waals surface area (Å²) in [5.74, 6) is 0.497. The number of nitrogens with one attached hydrogen (secondary N) is 2. The largest absolute Gasteiger partial charge is 0.479 e. The van der Waals surface area contributed by atoms with Crippen molar-refractivity contribution in [2.24, 2.45) is 0 Å². The van der Waals surface area contributed by atoms with Crippen LogP contribution in [-0.2, 0) is 0 Å². The summed E-state index contributed by atoms with van der Waals surface area (Å²) in [6.45, 7) is 3.31. The van der Waals surface area contributed by atoms with E-state index in [0.29, 0.717) is 29.1 Å². The number of halogens is 5. The molecule has 2 N–H and O–H groups in total. The lowest BCUT2D eigenvalue weighted by molar-refractivity contribution is -0.153. The van der Waals surface area contributed by atoms with E-state index in [1.807, 2.05) is 11.8 Å². The number of alkyl halides is 3. The van der Waals surface area contributed by atoms with Crippen molar-refractivity contribution in [3.63, 3.8) is 0 Å². The van der Waals surface area contributed by atoms with E-state index in [1.54, 1.807) is 18.2 Å². The Hall–Kier alpha value is -1.97. The molecule has 6 nitrogen and oxygen atoms in total. The molecule has 158 valence electrons. The second-order valence-corrected chi connectivity index (χ2v) is 7.40. The number of hydrogen-bond donors (Lipinski definition) is 2. The Morgan fingerprint density at radius 2 is 2.00 bits per heavy atom. The molecule has 11 heteroatoms. The van der Waals surface area contributed by atoms with Crippen molar-refractivity contribution >= 4 is 35.0 Å². The number of hydrogen-bond acceptors (Lipinski definition) is 6. The number of piperazine rings is 1. The molecule has 0 saturated carbocycles. The zero-order chi connectivity index (χ0) is 21.0. The molecular formula is C18H20Cl2F3N5O. The van der Waals surface area contributed by atoms with Crippen molar-refractivity contribution in [3.05, 3.63) is 40.0 Å². The smallest absolute Gasteiger partial charge is 0.422 e. The van der Waals surface area contributed by atoms with E-state index in [2.05, 4.69) is 20.6 Å². The summed E-state index contributed by atoms with van der Waals surface area (Å²) in [5, 5.41) is 7.24. The first kappa shape index (κ1) is 21.7. The zero-order valence-corrected chi connectivity index (χ0v) is 17.1. The molecule has 3 rings (SSSR count). The van der Waals surface area contributed by atoms with Gasteiger partial charge in [-0.15, -0.1) is 0 Å². The van der Waals surface area contributed by atoms with Crippen LogP contribution in [0.25, 0.3) is 0 Å². The Kier molecular flexibility index (Phi) is 6.92. The molecule has 1 aromatic heterocycles. The minimum absolute atomic E-state index is 0.0851. The molecule has 0 bridgehead atoms. The average molecular weight is 450 g/mol. The van der Waals surface area contributed by atoms with Crippen molar-refractivity contribution < 1.29 is 17.9 Å². The number of benzene rings is 1. The lowest BCUT2D eigenvalue weighted by Gasteiger charge is -2.28. The first-order valence-electron chi connectivity index (χ1n) is 8.96. The minimum Gasteiger partial charge on any atom is -0.479 e. The van der Waals surface area contributed by atoms with Gasteiger partial charge in [-0.05, 0) is 24.6 Å². The summed E-state index contributed by atoms with van der Waals surface area (Å²) >= 11 is 12.2. The first-order chi connectivity index (χ1) is 13.7. The third kappa shape index (κ3) is 6.01. The van der Waals surface area contributed by atoms with E-state index in [1.165, 1.54) is 6.20 Å². The molecule has 29 heavy (non-hydrogen) atoms. The standard InChI is InChI=1S/C18H20Cl2F3N5O/c1-11(13-3-2-12(19)8-14(13)20)26-16-15(29-10-18(21,22)23)9-25-17(27-16)28-6-4-24-5-7-28/h2-3,8-9,11,24H,4-7,10H2,1H3,(H,25,26,27). The van der Waals surface area contributed by atoms with Gasteiger partial charge in [0.05, 0.1) is 12.2 Å². The van der Waals surface area contributed by atoms with Crippen molar-refractivity contribution in [2.45, 2.75) is 19.1 Å². The maximum Gasteiger partial charge on any atom is 0.422 e. The van der Waals surface area contributed by atoms with Gasteiger partial charge in [0.2, 0.25) is 5.95 Å². The monoisotopic (exact) mass is 449 g/mol. The highest BCUT2D eigenvalue weighted by atomic mass is 35.5. The maximum absolute atomic E-state index is 12.6. The van der Waals surface area contributed by atoms with Crippen LogP contribution in [0.3, 0.4) is 0 Å². The van der Waals surface area contributed by atoms with Crippen LogP contribution in [0.15, 0.2) is 24.4 Å². The number of nitrogens with zero attached hydrogens (tertiary/aromatic N) is 3. The van der Waals surface area contributed by atoms with Gasteiger partial charge in [-0.25, -0.2) is 4.98 Å². The number of ether oxygens (including phenoxy) is 1. The van der Waals surface area contributed by atoms with Crippen LogP contribution >= 0.6 is 23.2 Å². The molecule has 0 amide bonds. The van der Waals surface area contributed by atoms with E-state index in [9.17, 15) is 13.2 Å². The van der Waals surface area contributed by atoms with Crippen molar-refractivity contribution in [1.82, 2.24) is 15.3 Å². The number of rotatable bonds is 6. The molecule has 1 unspecified atom stereocenters. The van der Waals surface area contributed by atoms with Gasteiger partial charge >= 0.3 is 6.18 Å². The molecule has 0 aliphatic carbocycles. The lowest BCUT2D eigenvalue weighted by Crippen LogP contribution is -2.44. The van der Waals surface area contributed by atoms with Gasteiger partial charge in [0.15, 0.2) is 18.2 Å². The third-order valence-electron chi connectivity index (χ3n) is 4.32. The number of aromatic nitrogens is 2. The molecule has 0 spiro atoms. The molecule has 1 aliphatic rings. The van der Waals surface area contributed by atoms with E-state index in [-0.39, 0.29) is 17.6 Å². The summed E-state index contributed by atoms with van der Waals surface area (Å²) in [5.41, 5.74) is 0.722. The summed E-state index contributed by atoms with van der Waals surface area (Å²) in [6, 6.07) is 4.67. The van der Waals surface area contributed by atoms with Crippen molar-refractivity contribution in [2.75, 3.05) is 43.0 Å². The molecule has 1 aliphatic heterocycles. The molecular weight excluding hydrogens is 430 g/mol. The normalized spacial score (nSPS) is 15.9. The predicted octanol–water partition coefficient (Wildman–Crippen LogP) is 4.31. The Balaban J connectivity index is 1.87. The third-order valence-corrected chi connectivity index (χ3v) is 4.88. The van der Waals surface area contributed by atoms with E-state index < -0.39 is 12.8 Å². The van der Waals surface area contributed by atoms with Crippen LogP contribution in [0.1, 0.15) is 18.5 Å². The zero-order valence-electron chi connectivity index (χ0n) is 15.6. The first-order valence-corrected chi connectivity index (χ1v) is 9.72. The van der Waals surface area contributed by atoms with Crippen molar-refractivity contribution in [1.29, 1.82) is 0 Å². The molecule has 1 fully saturated rings. The molecule has 0 radical (unpaired) electrons. The van der Waals surface area contributed by atoms with Crippen LogP contribution in [0.5, 0.6) is 5.75 Å². The topological polar surface area (TPSA) is 62.3 Å². The minimum atomic E-state index is -4.47. The van der Waals surface area contributed by atoms with Gasteiger partial charge in [0.1, 0.15) is 0 Å². The molecule has 1 aromatic carbocycles. The fourth-order valence-electron chi connectivity index (χ4n) is 2.88. The molecule has 2 heterocycles. The van der Waals surface area contributed by atoms with Crippen LogP contribution < -0.4 is 20.3 Å². The molecule has 1 atom stereocenters. The Morgan fingerprint density at radius 3 is 2.66 bits per heavy atom. The Bertz CT molecular complexity index is 847. The van der Waals surface area contributed by atoms with Gasteiger partial charge in [0.25, 0.3) is 0 Å². The second kappa shape index (κ2) is 9.23. The van der Waals surface area contributed by atoms with E-state index >= 15 is 0 Å². The van der Waals surface area contributed by atoms with Crippen LogP contribution in [0.2, 0.25) is 10.0 Å². The summed E-state index contributed by atoms with van der Waals surface area (Å²) < 4.78 is 42.8. The van der Waals surface area contributed by atoms with Crippen LogP contribution in [0, 0.1) is 0 Å². The second-order valence-electron chi connectivity index (χ2n) is 6.56. The van der Waals surface area contributed by atoms with Crippen LogP contribution in [-0.4, -0.2) is 48.9 Å². The summed E-state index contributed by atoms with van der Waals surface area (Å²) in [7, 11) is 0. The van der Waals surface area contributed by atoms with Gasteiger partial charge in [0, 0.05) is 36.2 Å². The highest BCUT2D eigenvalue weighted by molar-refractivity contribution is 6.35. The van der Waals surface area contributed by atoms with Gasteiger partial charge in [-0.1, -0.05) is 29.3 Å². The molecule has 2 aromatic rings. The predicted molar refractivity (Wildman–Crippen MR) is 107 cm³/mol. The summed E-state index contributed by atoms with van der Waals surface area (Å²) in [6.07, 6.45) is -3.21. The summed E-state index contributed by atoms with van der Waals surface area (Å²) in [4.78, 5) is 10.6. The Morgan fingerprint density at radius 1 is 1.28 bits per heavy atom. The lowest BCUT2D eigenvalue weighted by atomic mass is 10.1. The van der Waals surface area contributed by atoms with E-state index in [0.717, 1.165) is 18.7 Å². The quantitative estimate of drug-likeness (QED) is 0.684. The van der Waals surface area contributed by atoms with E-state index in [4.69, 9.17) is 27.9 Å². The highest BCUT2D eigenvalue weighted by Crippen LogP contribution is 2.32. The Labute approximate surface area is 176 Å². The van der Waals surface area contributed by atoms with Crippen LogP contribution in [0.4, 0.5) is 24.9 Å². The maximum atomic E-state index is 12.6.